The van der Waals surface area contributed by atoms with Crippen LogP contribution >= 0.6 is 0 Å². The number of hydrogen-bond donors (Lipinski definition) is 1. The molecule has 0 bridgehead atoms. The number of ether oxygens (including phenoxy) is 2. The number of benzene rings is 1. The van der Waals surface area contributed by atoms with Crippen molar-refractivity contribution in [3.05, 3.63) is 29.3 Å². The van der Waals surface area contributed by atoms with Crippen molar-refractivity contribution < 1.29 is 9.47 Å². The van der Waals surface area contributed by atoms with E-state index < -0.39 is 0 Å². The summed E-state index contributed by atoms with van der Waals surface area (Å²) in [5, 5.41) is 0. The summed E-state index contributed by atoms with van der Waals surface area (Å²) in [6, 6.07) is 6.18. The molecule has 76 valence electrons. The quantitative estimate of drug-likeness (QED) is 0.790. The van der Waals surface area contributed by atoms with Crippen molar-refractivity contribution in [1.29, 1.82) is 0 Å². The van der Waals surface area contributed by atoms with Crippen molar-refractivity contribution in [1.82, 2.24) is 0 Å². The van der Waals surface area contributed by atoms with E-state index >= 15 is 0 Å². The Hall–Kier alpha value is -1.06. The summed E-state index contributed by atoms with van der Waals surface area (Å²) >= 11 is 0. The molecule has 2 rings (SSSR count). The second-order valence-electron chi connectivity index (χ2n) is 3.41. The lowest BCUT2D eigenvalue weighted by Gasteiger charge is -2.20. The van der Waals surface area contributed by atoms with Crippen LogP contribution in [0.5, 0.6) is 5.75 Å². The molecule has 0 saturated heterocycles. The van der Waals surface area contributed by atoms with E-state index in [0.717, 1.165) is 30.7 Å². The van der Waals surface area contributed by atoms with Gasteiger partial charge in [0.2, 0.25) is 0 Å². The maximum absolute atomic E-state index is 5.49. The van der Waals surface area contributed by atoms with Crippen molar-refractivity contribution in [2.45, 2.75) is 19.4 Å². The van der Waals surface area contributed by atoms with E-state index in [1.165, 1.54) is 5.56 Å². The molecule has 3 heteroatoms. The fourth-order valence-electron chi connectivity index (χ4n) is 1.68. The predicted molar refractivity (Wildman–Crippen MR) is 54.1 cm³/mol. The average Bonchev–Trinajstić information content (AvgIpc) is 2.26. The molecular formula is C11H15NO2. The highest BCUT2D eigenvalue weighted by Crippen LogP contribution is 2.28. The van der Waals surface area contributed by atoms with E-state index in [0.29, 0.717) is 13.4 Å². The molecule has 1 aliphatic rings. The molecule has 14 heavy (non-hydrogen) atoms. The summed E-state index contributed by atoms with van der Waals surface area (Å²) < 4.78 is 10.7. The van der Waals surface area contributed by atoms with Crippen LogP contribution in [-0.4, -0.2) is 13.3 Å². The molecule has 1 aromatic rings. The van der Waals surface area contributed by atoms with Crippen molar-refractivity contribution in [2.75, 3.05) is 13.3 Å². The van der Waals surface area contributed by atoms with Crippen LogP contribution in [-0.2, 0) is 17.8 Å². The average molecular weight is 193 g/mol. The van der Waals surface area contributed by atoms with Gasteiger partial charge in [-0.1, -0.05) is 18.2 Å². The van der Waals surface area contributed by atoms with Gasteiger partial charge < -0.3 is 15.2 Å². The van der Waals surface area contributed by atoms with Gasteiger partial charge in [0.05, 0.1) is 6.61 Å². The normalized spacial score (nSPS) is 14.6. The molecule has 0 aromatic heterocycles. The lowest BCUT2D eigenvalue weighted by molar-refractivity contribution is -0.0170. The number of hydrogen-bond acceptors (Lipinski definition) is 3. The predicted octanol–water partition coefficient (Wildman–Crippen LogP) is 1.44. The Kier molecular flexibility index (Phi) is 3.01. The molecule has 0 aliphatic carbocycles. The third kappa shape index (κ3) is 1.89. The minimum absolute atomic E-state index is 0.368. The molecule has 0 fully saturated rings. The number of para-hydroxylation sites is 1. The van der Waals surface area contributed by atoms with Gasteiger partial charge >= 0.3 is 0 Å². The van der Waals surface area contributed by atoms with Gasteiger partial charge in [0, 0.05) is 5.56 Å². The lowest BCUT2D eigenvalue weighted by Crippen LogP contribution is -2.13. The highest BCUT2D eigenvalue weighted by molar-refractivity contribution is 5.41. The van der Waals surface area contributed by atoms with Crippen LogP contribution in [0, 0.1) is 0 Å². The van der Waals surface area contributed by atoms with Gasteiger partial charge in [0.25, 0.3) is 0 Å². The maximum atomic E-state index is 5.49. The highest BCUT2D eigenvalue weighted by Gasteiger charge is 2.13. The Labute approximate surface area is 83.8 Å². The number of fused-ring (bicyclic) bond motifs is 1. The van der Waals surface area contributed by atoms with E-state index in [4.69, 9.17) is 15.2 Å². The van der Waals surface area contributed by atoms with Crippen LogP contribution in [0.3, 0.4) is 0 Å². The zero-order valence-corrected chi connectivity index (χ0v) is 8.16. The largest absolute Gasteiger partial charge is 0.467 e. The third-order valence-electron chi connectivity index (χ3n) is 2.37. The summed E-state index contributed by atoms with van der Waals surface area (Å²) in [6.07, 6.45) is 1.99. The number of aryl methyl sites for hydroxylation is 1. The Morgan fingerprint density at radius 1 is 1.36 bits per heavy atom. The zero-order valence-electron chi connectivity index (χ0n) is 8.16. The number of rotatable bonds is 3. The maximum Gasteiger partial charge on any atom is 0.189 e. The Morgan fingerprint density at radius 2 is 2.29 bits per heavy atom. The van der Waals surface area contributed by atoms with Crippen LogP contribution in [0.25, 0.3) is 0 Å². The monoisotopic (exact) mass is 193 g/mol. The van der Waals surface area contributed by atoms with Crippen molar-refractivity contribution in [2.24, 2.45) is 5.73 Å². The molecule has 2 N–H and O–H groups in total. The minimum Gasteiger partial charge on any atom is -0.467 e. The lowest BCUT2D eigenvalue weighted by atomic mass is 10.0. The standard InChI is InChI=1S/C11H15NO2/c12-6-2-5-9-3-1-4-10-7-13-8-14-11(9)10/h1,3-4H,2,5-8,12H2. The molecule has 0 radical (unpaired) electrons. The van der Waals surface area contributed by atoms with Crippen molar-refractivity contribution in [3.63, 3.8) is 0 Å². The molecule has 1 aromatic carbocycles. The van der Waals surface area contributed by atoms with Crippen LogP contribution in [0.1, 0.15) is 17.5 Å². The van der Waals surface area contributed by atoms with Crippen LogP contribution < -0.4 is 10.5 Å². The minimum atomic E-state index is 0.368. The summed E-state index contributed by atoms with van der Waals surface area (Å²) in [5.74, 6) is 1.01. The van der Waals surface area contributed by atoms with E-state index in [2.05, 4.69) is 6.07 Å². The molecule has 0 spiro atoms. The molecule has 0 amide bonds. The molecule has 1 heterocycles. The highest BCUT2D eigenvalue weighted by atomic mass is 16.7. The van der Waals surface area contributed by atoms with Gasteiger partial charge in [-0.15, -0.1) is 0 Å². The summed E-state index contributed by atoms with van der Waals surface area (Å²) in [7, 11) is 0. The summed E-state index contributed by atoms with van der Waals surface area (Å²) in [5.41, 5.74) is 7.88. The van der Waals surface area contributed by atoms with Gasteiger partial charge in [-0.2, -0.15) is 0 Å². The van der Waals surface area contributed by atoms with Crippen LogP contribution in [0.15, 0.2) is 18.2 Å². The zero-order chi connectivity index (χ0) is 9.80. The van der Waals surface area contributed by atoms with Crippen LogP contribution in [0.4, 0.5) is 0 Å². The number of nitrogens with two attached hydrogens (primary N) is 1. The molecule has 3 nitrogen and oxygen atoms in total. The second-order valence-corrected chi connectivity index (χ2v) is 3.41. The van der Waals surface area contributed by atoms with Crippen LogP contribution in [0.2, 0.25) is 0 Å². The molecule has 0 unspecified atom stereocenters. The van der Waals surface area contributed by atoms with E-state index in [-0.39, 0.29) is 0 Å². The first-order chi connectivity index (χ1) is 6.92. The Morgan fingerprint density at radius 3 is 3.14 bits per heavy atom. The van der Waals surface area contributed by atoms with E-state index in [9.17, 15) is 0 Å². The van der Waals surface area contributed by atoms with Crippen molar-refractivity contribution >= 4 is 0 Å². The molecule has 1 aliphatic heterocycles. The smallest absolute Gasteiger partial charge is 0.189 e. The van der Waals surface area contributed by atoms with E-state index in [1.807, 2.05) is 12.1 Å². The van der Waals surface area contributed by atoms with Crippen molar-refractivity contribution in [3.8, 4) is 5.75 Å². The van der Waals surface area contributed by atoms with Gasteiger partial charge in [0.1, 0.15) is 5.75 Å². The first kappa shape index (κ1) is 9.49. The topological polar surface area (TPSA) is 44.5 Å². The van der Waals surface area contributed by atoms with E-state index in [1.54, 1.807) is 0 Å². The van der Waals surface area contributed by atoms with Gasteiger partial charge in [-0.3, -0.25) is 0 Å². The third-order valence-corrected chi connectivity index (χ3v) is 2.37. The Bertz CT molecular complexity index is 312. The Balaban J connectivity index is 2.21. The fourth-order valence-corrected chi connectivity index (χ4v) is 1.68. The van der Waals surface area contributed by atoms with Gasteiger partial charge in [0.15, 0.2) is 6.79 Å². The molecule has 0 atom stereocenters. The second kappa shape index (κ2) is 4.44. The molecular weight excluding hydrogens is 178 g/mol. The first-order valence-electron chi connectivity index (χ1n) is 4.93. The molecule has 0 saturated carbocycles. The fraction of sp³-hybridized carbons (Fsp3) is 0.455. The first-order valence-corrected chi connectivity index (χ1v) is 4.93. The SMILES string of the molecule is NCCCc1cccc2c1OCOC2. The summed E-state index contributed by atoms with van der Waals surface area (Å²) in [6.45, 7) is 1.75. The van der Waals surface area contributed by atoms with Gasteiger partial charge in [-0.25, -0.2) is 0 Å². The summed E-state index contributed by atoms with van der Waals surface area (Å²) in [4.78, 5) is 0. The van der Waals surface area contributed by atoms with Gasteiger partial charge in [-0.05, 0) is 24.9 Å².